The van der Waals surface area contributed by atoms with Gasteiger partial charge in [0.1, 0.15) is 18.2 Å². The minimum atomic E-state index is 0.492. The minimum Gasteiger partial charge on any atom is -0.492 e. The van der Waals surface area contributed by atoms with Gasteiger partial charge >= 0.3 is 0 Å². The Kier molecular flexibility index (Phi) is 4.65. The maximum absolute atomic E-state index is 5.88. The molecule has 1 aliphatic rings. The molecule has 3 heterocycles. The first kappa shape index (κ1) is 16.1. The van der Waals surface area contributed by atoms with Gasteiger partial charge in [0.15, 0.2) is 5.65 Å². The number of benzene rings is 1. The van der Waals surface area contributed by atoms with E-state index in [1.54, 1.807) is 0 Å². The third kappa shape index (κ3) is 3.66. The number of ether oxygens (including phenoxy) is 1. The Balaban J connectivity index is 1.28. The fraction of sp³-hybridized carbons (Fsp3) is 0.400. The van der Waals surface area contributed by atoms with Gasteiger partial charge in [-0.2, -0.15) is 0 Å². The number of hydrogen-bond donors (Lipinski definition) is 0. The van der Waals surface area contributed by atoms with E-state index in [0.29, 0.717) is 5.92 Å². The van der Waals surface area contributed by atoms with Crippen LogP contribution < -0.4 is 4.74 Å². The molecule has 1 saturated heterocycles. The molecule has 25 heavy (non-hydrogen) atoms. The van der Waals surface area contributed by atoms with Crippen LogP contribution in [-0.2, 0) is 0 Å². The van der Waals surface area contributed by atoms with Gasteiger partial charge in [0.05, 0.1) is 0 Å². The van der Waals surface area contributed by atoms with Crippen molar-refractivity contribution in [3.05, 3.63) is 60.0 Å². The summed E-state index contributed by atoms with van der Waals surface area (Å²) in [6.45, 7) is 5.97. The van der Waals surface area contributed by atoms with Crippen LogP contribution >= 0.6 is 0 Å². The van der Waals surface area contributed by atoms with E-state index < -0.39 is 0 Å². The maximum atomic E-state index is 5.88. The molecule has 0 N–H and O–H groups in total. The highest BCUT2D eigenvalue weighted by atomic mass is 16.5. The second kappa shape index (κ2) is 7.23. The van der Waals surface area contributed by atoms with Crippen LogP contribution in [0.15, 0.2) is 48.7 Å². The Bertz CT molecular complexity index is 836. The Labute approximate surface area is 148 Å². The molecule has 0 atom stereocenters. The third-order valence-electron chi connectivity index (χ3n) is 4.96. The fourth-order valence-corrected chi connectivity index (χ4v) is 3.55. The second-order valence-electron chi connectivity index (χ2n) is 6.77. The van der Waals surface area contributed by atoms with Crippen molar-refractivity contribution >= 4 is 5.65 Å². The molecule has 0 unspecified atom stereocenters. The standard InChI is InChI=1S/C20H24N4O/c1-16-5-4-6-18(15-16)25-14-13-23-11-8-17(9-12-23)20-22-21-19-7-2-3-10-24(19)20/h2-7,10,15,17H,8-9,11-14H2,1H3. The van der Waals surface area contributed by atoms with Crippen molar-refractivity contribution in [3.63, 3.8) is 0 Å². The van der Waals surface area contributed by atoms with E-state index in [4.69, 9.17) is 4.74 Å². The average Bonchev–Trinajstić information content (AvgIpc) is 3.07. The van der Waals surface area contributed by atoms with Crippen LogP contribution in [0.5, 0.6) is 5.75 Å². The summed E-state index contributed by atoms with van der Waals surface area (Å²) >= 11 is 0. The van der Waals surface area contributed by atoms with Gasteiger partial charge in [-0.25, -0.2) is 0 Å². The van der Waals surface area contributed by atoms with E-state index in [0.717, 1.165) is 56.3 Å². The molecule has 1 aliphatic heterocycles. The van der Waals surface area contributed by atoms with Crippen molar-refractivity contribution in [1.82, 2.24) is 19.5 Å². The Morgan fingerprint density at radius 3 is 2.80 bits per heavy atom. The van der Waals surface area contributed by atoms with Gasteiger partial charge in [0, 0.05) is 18.7 Å². The van der Waals surface area contributed by atoms with Crippen molar-refractivity contribution in [3.8, 4) is 5.75 Å². The zero-order valence-corrected chi connectivity index (χ0v) is 14.6. The molecular weight excluding hydrogens is 312 g/mol. The average molecular weight is 336 g/mol. The highest BCUT2D eigenvalue weighted by Crippen LogP contribution is 2.27. The highest BCUT2D eigenvalue weighted by Gasteiger charge is 2.24. The molecule has 0 aliphatic carbocycles. The van der Waals surface area contributed by atoms with E-state index in [1.165, 1.54) is 5.56 Å². The molecule has 130 valence electrons. The summed E-state index contributed by atoms with van der Waals surface area (Å²) in [6.07, 6.45) is 4.31. The Hall–Kier alpha value is -2.40. The lowest BCUT2D eigenvalue weighted by atomic mass is 9.96. The van der Waals surface area contributed by atoms with Crippen molar-refractivity contribution in [1.29, 1.82) is 0 Å². The number of piperidine rings is 1. The van der Waals surface area contributed by atoms with Crippen molar-refractivity contribution in [2.24, 2.45) is 0 Å². The van der Waals surface area contributed by atoms with E-state index >= 15 is 0 Å². The van der Waals surface area contributed by atoms with E-state index in [2.05, 4.69) is 44.8 Å². The predicted molar refractivity (Wildman–Crippen MR) is 98.1 cm³/mol. The first-order chi connectivity index (χ1) is 12.3. The number of hydrogen-bond acceptors (Lipinski definition) is 4. The van der Waals surface area contributed by atoms with E-state index in [9.17, 15) is 0 Å². The zero-order chi connectivity index (χ0) is 17.1. The molecule has 0 saturated carbocycles. The van der Waals surface area contributed by atoms with Gasteiger partial charge in [-0.15, -0.1) is 10.2 Å². The number of likely N-dealkylation sites (tertiary alicyclic amines) is 1. The fourth-order valence-electron chi connectivity index (χ4n) is 3.55. The van der Waals surface area contributed by atoms with Crippen LogP contribution in [0, 0.1) is 6.92 Å². The lowest BCUT2D eigenvalue weighted by Crippen LogP contribution is -2.36. The van der Waals surface area contributed by atoms with Crippen LogP contribution in [-0.4, -0.2) is 45.7 Å². The first-order valence-corrected chi connectivity index (χ1v) is 9.01. The number of pyridine rings is 1. The summed E-state index contributed by atoms with van der Waals surface area (Å²) in [5.41, 5.74) is 2.17. The summed E-state index contributed by atoms with van der Waals surface area (Å²) < 4.78 is 8.00. The van der Waals surface area contributed by atoms with Crippen LogP contribution in [0.2, 0.25) is 0 Å². The van der Waals surface area contributed by atoms with Gasteiger partial charge in [0.2, 0.25) is 0 Å². The first-order valence-electron chi connectivity index (χ1n) is 9.01. The maximum Gasteiger partial charge on any atom is 0.160 e. The van der Waals surface area contributed by atoms with Crippen LogP contribution in [0.25, 0.3) is 5.65 Å². The van der Waals surface area contributed by atoms with Crippen LogP contribution in [0.1, 0.15) is 30.1 Å². The van der Waals surface area contributed by atoms with Crippen LogP contribution in [0.3, 0.4) is 0 Å². The predicted octanol–water partition coefficient (Wildman–Crippen LogP) is 3.30. The SMILES string of the molecule is Cc1cccc(OCCN2CCC(c3nnc4ccccn34)CC2)c1. The highest BCUT2D eigenvalue weighted by molar-refractivity contribution is 5.37. The monoisotopic (exact) mass is 336 g/mol. The number of nitrogens with zero attached hydrogens (tertiary/aromatic N) is 4. The molecule has 0 bridgehead atoms. The molecule has 5 heteroatoms. The lowest BCUT2D eigenvalue weighted by Gasteiger charge is -2.31. The van der Waals surface area contributed by atoms with E-state index in [-0.39, 0.29) is 0 Å². The number of aromatic nitrogens is 3. The van der Waals surface area contributed by atoms with Gasteiger partial charge < -0.3 is 4.74 Å². The largest absolute Gasteiger partial charge is 0.492 e. The van der Waals surface area contributed by atoms with Crippen LogP contribution in [0.4, 0.5) is 0 Å². The van der Waals surface area contributed by atoms with Gasteiger partial charge in [-0.05, 0) is 62.7 Å². The number of fused-ring (bicyclic) bond motifs is 1. The molecule has 4 rings (SSSR count). The molecule has 5 nitrogen and oxygen atoms in total. The minimum absolute atomic E-state index is 0.492. The Morgan fingerprint density at radius 1 is 1.08 bits per heavy atom. The smallest absolute Gasteiger partial charge is 0.160 e. The third-order valence-corrected chi connectivity index (χ3v) is 4.96. The van der Waals surface area contributed by atoms with Gasteiger partial charge in [-0.1, -0.05) is 18.2 Å². The normalized spacial score (nSPS) is 16.4. The molecule has 1 fully saturated rings. The summed E-state index contributed by atoms with van der Waals surface area (Å²) in [5.74, 6) is 2.56. The summed E-state index contributed by atoms with van der Waals surface area (Å²) in [6, 6.07) is 14.3. The van der Waals surface area contributed by atoms with Crippen molar-refractivity contribution in [2.45, 2.75) is 25.7 Å². The molecule has 3 aromatic rings. The lowest BCUT2D eigenvalue weighted by molar-refractivity contribution is 0.171. The second-order valence-corrected chi connectivity index (χ2v) is 6.77. The number of aryl methyl sites for hydroxylation is 1. The molecule has 0 spiro atoms. The zero-order valence-electron chi connectivity index (χ0n) is 14.6. The number of rotatable bonds is 5. The van der Waals surface area contributed by atoms with Crippen molar-refractivity contribution < 1.29 is 4.74 Å². The summed E-state index contributed by atoms with van der Waals surface area (Å²) in [5, 5.41) is 8.71. The summed E-state index contributed by atoms with van der Waals surface area (Å²) in [4.78, 5) is 2.48. The topological polar surface area (TPSA) is 42.7 Å². The van der Waals surface area contributed by atoms with Gasteiger partial charge in [-0.3, -0.25) is 9.30 Å². The molecule has 0 amide bonds. The van der Waals surface area contributed by atoms with Crippen molar-refractivity contribution in [2.75, 3.05) is 26.2 Å². The molecular formula is C20H24N4O. The molecule has 2 aromatic heterocycles. The summed E-state index contributed by atoms with van der Waals surface area (Å²) in [7, 11) is 0. The van der Waals surface area contributed by atoms with E-state index in [1.807, 2.05) is 30.3 Å². The molecule has 1 aromatic carbocycles. The Morgan fingerprint density at radius 2 is 1.96 bits per heavy atom. The molecule has 0 radical (unpaired) electrons. The quantitative estimate of drug-likeness (QED) is 0.717. The van der Waals surface area contributed by atoms with Gasteiger partial charge in [0.25, 0.3) is 0 Å².